The van der Waals surface area contributed by atoms with Crippen molar-refractivity contribution in [2.24, 2.45) is 0 Å². The van der Waals surface area contributed by atoms with Crippen molar-refractivity contribution in [3.8, 4) is 0 Å². The van der Waals surface area contributed by atoms with E-state index in [1.54, 1.807) is 0 Å². The van der Waals surface area contributed by atoms with Crippen LogP contribution < -0.4 is 15.5 Å². The molecular weight excluding hydrogens is 198 g/mol. The molecule has 0 aromatic heterocycles. The van der Waals surface area contributed by atoms with Crippen LogP contribution in [0.3, 0.4) is 0 Å². The van der Waals surface area contributed by atoms with E-state index >= 15 is 0 Å². The van der Waals surface area contributed by atoms with E-state index < -0.39 is 0 Å². The second-order valence-electron chi connectivity index (χ2n) is 4.62. The number of anilines is 2. The summed E-state index contributed by atoms with van der Waals surface area (Å²) in [5.41, 5.74) is 2.45. The highest BCUT2D eigenvalue weighted by Gasteiger charge is 2.12. The monoisotopic (exact) mass is 219 g/mol. The van der Waals surface area contributed by atoms with Gasteiger partial charge in [-0.25, -0.2) is 0 Å². The molecule has 1 fully saturated rings. The Hall–Kier alpha value is -1.22. The van der Waals surface area contributed by atoms with Crippen LogP contribution in [0.15, 0.2) is 24.3 Å². The topological polar surface area (TPSA) is 27.3 Å². The maximum atomic E-state index is 3.49. The van der Waals surface area contributed by atoms with Gasteiger partial charge in [0.25, 0.3) is 0 Å². The summed E-state index contributed by atoms with van der Waals surface area (Å²) in [6.45, 7) is 2.20. The first kappa shape index (κ1) is 11.3. The number of nitrogens with zero attached hydrogens (tertiary/aromatic N) is 1. The van der Waals surface area contributed by atoms with Crippen LogP contribution >= 0.6 is 0 Å². The first-order valence-electron chi connectivity index (χ1n) is 6.00. The third-order valence-corrected chi connectivity index (χ3v) is 3.10. The molecule has 88 valence electrons. The van der Waals surface area contributed by atoms with Crippen molar-refractivity contribution in [1.29, 1.82) is 0 Å². The Morgan fingerprint density at radius 3 is 2.62 bits per heavy atom. The summed E-state index contributed by atoms with van der Waals surface area (Å²) in [7, 11) is 4.12. The highest BCUT2D eigenvalue weighted by molar-refractivity contribution is 5.54. The lowest BCUT2D eigenvalue weighted by Crippen LogP contribution is -2.29. The van der Waals surface area contributed by atoms with E-state index in [9.17, 15) is 0 Å². The Morgan fingerprint density at radius 1 is 1.31 bits per heavy atom. The van der Waals surface area contributed by atoms with E-state index in [2.05, 4.69) is 53.9 Å². The molecule has 1 aromatic rings. The zero-order chi connectivity index (χ0) is 11.4. The zero-order valence-corrected chi connectivity index (χ0v) is 10.2. The molecule has 3 nitrogen and oxygen atoms in total. The largest absolute Gasteiger partial charge is 0.383 e. The van der Waals surface area contributed by atoms with Gasteiger partial charge in [0.2, 0.25) is 0 Å². The van der Waals surface area contributed by atoms with Crippen molar-refractivity contribution >= 4 is 11.4 Å². The third kappa shape index (κ3) is 2.89. The number of rotatable bonds is 4. The molecular formula is C13H21N3. The van der Waals surface area contributed by atoms with Crippen LogP contribution in [0.5, 0.6) is 0 Å². The van der Waals surface area contributed by atoms with Crippen molar-refractivity contribution in [2.75, 3.05) is 37.4 Å². The van der Waals surface area contributed by atoms with Gasteiger partial charge >= 0.3 is 0 Å². The highest BCUT2D eigenvalue weighted by atomic mass is 15.1. The van der Waals surface area contributed by atoms with Crippen LogP contribution in [0, 0.1) is 0 Å². The van der Waals surface area contributed by atoms with Gasteiger partial charge in [0.1, 0.15) is 0 Å². The van der Waals surface area contributed by atoms with E-state index in [1.165, 1.54) is 30.8 Å². The normalized spacial score (nSPS) is 19.8. The lowest BCUT2D eigenvalue weighted by molar-refractivity contribution is 0.633. The smallest absolute Gasteiger partial charge is 0.0362 e. The minimum absolute atomic E-state index is 0.647. The summed E-state index contributed by atoms with van der Waals surface area (Å²) in [5, 5.41) is 6.96. The lowest BCUT2D eigenvalue weighted by Gasteiger charge is -2.15. The van der Waals surface area contributed by atoms with Gasteiger partial charge in [-0.15, -0.1) is 0 Å². The quantitative estimate of drug-likeness (QED) is 0.810. The average molecular weight is 219 g/mol. The van der Waals surface area contributed by atoms with E-state index in [4.69, 9.17) is 0 Å². The second-order valence-corrected chi connectivity index (χ2v) is 4.62. The number of hydrogen-bond donors (Lipinski definition) is 2. The Bertz CT molecular complexity index is 312. The number of benzene rings is 1. The molecule has 0 radical (unpaired) electrons. The summed E-state index contributed by atoms with van der Waals surface area (Å²) in [5.74, 6) is 0. The summed E-state index contributed by atoms with van der Waals surface area (Å²) in [6.07, 6.45) is 2.61. The number of nitrogens with one attached hydrogen (secondary N) is 2. The summed E-state index contributed by atoms with van der Waals surface area (Å²) in [4.78, 5) is 2.11. The Labute approximate surface area is 97.8 Å². The van der Waals surface area contributed by atoms with Crippen LogP contribution in [0.25, 0.3) is 0 Å². The molecule has 1 atom stereocenters. The molecule has 1 unspecified atom stereocenters. The van der Waals surface area contributed by atoms with Gasteiger partial charge in [0.15, 0.2) is 0 Å². The van der Waals surface area contributed by atoms with Crippen LogP contribution in [0.1, 0.15) is 12.8 Å². The van der Waals surface area contributed by atoms with Gasteiger partial charge in [-0.2, -0.15) is 0 Å². The van der Waals surface area contributed by atoms with Crippen LogP contribution in [-0.4, -0.2) is 33.2 Å². The fourth-order valence-electron chi connectivity index (χ4n) is 2.05. The molecule has 0 bridgehead atoms. The Balaban J connectivity index is 1.84. The van der Waals surface area contributed by atoms with E-state index in [1.807, 2.05) is 0 Å². The number of hydrogen-bond acceptors (Lipinski definition) is 3. The van der Waals surface area contributed by atoms with Crippen molar-refractivity contribution in [2.45, 2.75) is 18.9 Å². The standard InChI is InChI=1S/C13H21N3/c1-16(2)13-7-5-11(6-8-13)15-10-12-4-3-9-14-12/h5-8,12,14-15H,3-4,9-10H2,1-2H3. The van der Waals surface area contributed by atoms with E-state index in [0.717, 1.165) is 6.54 Å². The predicted octanol–water partition coefficient (Wildman–Crippen LogP) is 1.92. The minimum atomic E-state index is 0.647. The van der Waals surface area contributed by atoms with Crippen LogP contribution in [0.4, 0.5) is 11.4 Å². The van der Waals surface area contributed by atoms with E-state index in [0.29, 0.717) is 6.04 Å². The van der Waals surface area contributed by atoms with Crippen LogP contribution in [-0.2, 0) is 0 Å². The minimum Gasteiger partial charge on any atom is -0.383 e. The molecule has 1 aliphatic rings. The molecule has 0 amide bonds. The van der Waals surface area contributed by atoms with Gasteiger partial charge in [0.05, 0.1) is 0 Å². The van der Waals surface area contributed by atoms with Crippen molar-refractivity contribution in [1.82, 2.24) is 5.32 Å². The fourth-order valence-corrected chi connectivity index (χ4v) is 2.05. The first-order chi connectivity index (χ1) is 7.75. The zero-order valence-electron chi connectivity index (χ0n) is 10.2. The SMILES string of the molecule is CN(C)c1ccc(NCC2CCCN2)cc1. The summed E-state index contributed by atoms with van der Waals surface area (Å²) >= 11 is 0. The molecule has 0 saturated carbocycles. The van der Waals surface area contributed by atoms with Gasteiger partial charge in [0, 0.05) is 38.1 Å². The molecule has 1 aromatic carbocycles. The molecule has 0 aliphatic carbocycles. The van der Waals surface area contributed by atoms with Gasteiger partial charge < -0.3 is 15.5 Å². The molecule has 1 saturated heterocycles. The molecule has 1 heterocycles. The molecule has 2 N–H and O–H groups in total. The third-order valence-electron chi connectivity index (χ3n) is 3.10. The molecule has 3 heteroatoms. The Morgan fingerprint density at radius 2 is 2.06 bits per heavy atom. The maximum Gasteiger partial charge on any atom is 0.0362 e. The summed E-state index contributed by atoms with van der Waals surface area (Å²) < 4.78 is 0. The van der Waals surface area contributed by atoms with Crippen molar-refractivity contribution in [3.63, 3.8) is 0 Å². The van der Waals surface area contributed by atoms with Crippen LogP contribution in [0.2, 0.25) is 0 Å². The second kappa shape index (κ2) is 5.21. The van der Waals surface area contributed by atoms with Gasteiger partial charge in [-0.1, -0.05) is 0 Å². The first-order valence-corrected chi connectivity index (χ1v) is 6.00. The highest BCUT2D eigenvalue weighted by Crippen LogP contribution is 2.16. The van der Waals surface area contributed by atoms with Crippen molar-refractivity contribution in [3.05, 3.63) is 24.3 Å². The predicted molar refractivity (Wildman–Crippen MR) is 70.3 cm³/mol. The molecule has 0 spiro atoms. The maximum absolute atomic E-state index is 3.49. The lowest BCUT2D eigenvalue weighted by atomic mass is 10.2. The fraction of sp³-hybridized carbons (Fsp3) is 0.538. The van der Waals surface area contributed by atoms with E-state index in [-0.39, 0.29) is 0 Å². The summed E-state index contributed by atoms with van der Waals surface area (Å²) in [6, 6.07) is 9.22. The van der Waals surface area contributed by atoms with Gasteiger partial charge in [-0.3, -0.25) is 0 Å². The average Bonchev–Trinajstić information content (AvgIpc) is 2.80. The van der Waals surface area contributed by atoms with Gasteiger partial charge in [-0.05, 0) is 43.7 Å². The molecule has 2 rings (SSSR count). The molecule has 16 heavy (non-hydrogen) atoms. The Kier molecular flexibility index (Phi) is 3.67. The molecule has 1 aliphatic heterocycles. The van der Waals surface area contributed by atoms with Crippen molar-refractivity contribution < 1.29 is 0 Å².